The molecule has 1 rings (SSSR count). The SMILES string of the molecule is C=CCSCCNC1CCS(=O)(=O)CC1. The van der Waals surface area contributed by atoms with Crippen molar-refractivity contribution in [2.75, 3.05) is 29.6 Å². The number of rotatable bonds is 6. The van der Waals surface area contributed by atoms with Gasteiger partial charge in [-0.1, -0.05) is 6.08 Å². The Balaban J connectivity index is 2.06. The van der Waals surface area contributed by atoms with Crippen LogP contribution in [-0.4, -0.2) is 44.0 Å². The average Bonchev–Trinajstić information content (AvgIpc) is 2.20. The van der Waals surface area contributed by atoms with Gasteiger partial charge in [0.05, 0.1) is 11.5 Å². The Morgan fingerprint density at radius 1 is 1.40 bits per heavy atom. The van der Waals surface area contributed by atoms with Crippen molar-refractivity contribution in [2.45, 2.75) is 18.9 Å². The summed E-state index contributed by atoms with van der Waals surface area (Å²) in [5.41, 5.74) is 0. The molecule has 0 unspecified atom stereocenters. The third kappa shape index (κ3) is 5.58. The summed E-state index contributed by atoms with van der Waals surface area (Å²) in [6, 6.07) is 0.401. The lowest BCUT2D eigenvalue weighted by atomic mass is 10.1. The fraction of sp³-hybridized carbons (Fsp3) is 0.800. The van der Waals surface area contributed by atoms with E-state index in [-0.39, 0.29) is 0 Å². The fourth-order valence-electron chi connectivity index (χ4n) is 1.60. The van der Waals surface area contributed by atoms with E-state index in [0.717, 1.165) is 30.9 Å². The van der Waals surface area contributed by atoms with E-state index in [0.29, 0.717) is 17.5 Å². The highest BCUT2D eigenvalue weighted by atomic mass is 32.2. The molecule has 1 aliphatic rings. The van der Waals surface area contributed by atoms with Crippen molar-refractivity contribution in [1.82, 2.24) is 5.32 Å². The van der Waals surface area contributed by atoms with Crippen LogP contribution in [0, 0.1) is 0 Å². The zero-order chi connectivity index (χ0) is 11.1. The molecule has 0 aromatic heterocycles. The van der Waals surface area contributed by atoms with Crippen LogP contribution in [-0.2, 0) is 9.84 Å². The van der Waals surface area contributed by atoms with E-state index in [9.17, 15) is 8.42 Å². The highest BCUT2D eigenvalue weighted by Crippen LogP contribution is 2.12. The average molecular weight is 249 g/mol. The van der Waals surface area contributed by atoms with Gasteiger partial charge in [0.1, 0.15) is 9.84 Å². The van der Waals surface area contributed by atoms with E-state index in [2.05, 4.69) is 11.9 Å². The van der Waals surface area contributed by atoms with Gasteiger partial charge in [0.2, 0.25) is 0 Å². The minimum atomic E-state index is -2.71. The number of hydrogen-bond donors (Lipinski definition) is 1. The minimum absolute atomic E-state index is 0.352. The van der Waals surface area contributed by atoms with Crippen LogP contribution >= 0.6 is 11.8 Å². The van der Waals surface area contributed by atoms with Gasteiger partial charge in [0.15, 0.2) is 0 Å². The summed E-state index contributed by atoms with van der Waals surface area (Å²) in [5, 5.41) is 3.40. The normalized spacial score (nSPS) is 21.3. The molecule has 88 valence electrons. The highest BCUT2D eigenvalue weighted by molar-refractivity contribution is 7.99. The molecule has 0 saturated carbocycles. The molecule has 15 heavy (non-hydrogen) atoms. The van der Waals surface area contributed by atoms with Gasteiger partial charge in [-0.3, -0.25) is 0 Å². The van der Waals surface area contributed by atoms with E-state index in [1.165, 1.54) is 0 Å². The first-order valence-corrected chi connectivity index (χ1v) is 8.24. The predicted octanol–water partition coefficient (Wildman–Crippen LogP) is 1.07. The van der Waals surface area contributed by atoms with Gasteiger partial charge in [-0.25, -0.2) is 8.42 Å². The standard InChI is InChI=1S/C10H19NO2S2/c1-2-6-14-7-5-11-10-3-8-15(12,13)9-4-10/h2,10-11H,1,3-9H2. The topological polar surface area (TPSA) is 46.2 Å². The monoisotopic (exact) mass is 249 g/mol. The van der Waals surface area contributed by atoms with Gasteiger partial charge < -0.3 is 5.32 Å². The van der Waals surface area contributed by atoms with Crippen molar-refractivity contribution in [3.63, 3.8) is 0 Å². The van der Waals surface area contributed by atoms with Crippen LogP contribution in [0.15, 0.2) is 12.7 Å². The van der Waals surface area contributed by atoms with Gasteiger partial charge in [-0.15, -0.1) is 6.58 Å². The number of hydrogen-bond acceptors (Lipinski definition) is 4. The second-order valence-electron chi connectivity index (χ2n) is 3.74. The van der Waals surface area contributed by atoms with E-state index in [4.69, 9.17) is 0 Å². The summed E-state index contributed by atoms with van der Waals surface area (Å²) in [7, 11) is -2.71. The molecule has 0 aromatic carbocycles. The van der Waals surface area contributed by atoms with Crippen LogP contribution in [0.3, 0.4) is 0 Å². The van der Waals surface area contributed by atoms with E-state index < -0.39 is 9.84 Å². The first-order valence-electron chi connectivity index (χ1n) is 5.26. The maximum absolute atomic E-state index is 11.2. The van der Waals surface area contributed by atoms with Gasteiger partial charge in [-0.2, -0.15) is 11.8 Å². The van der Waals surface area contributed by atoms with Crippen molar-refractivity contribution >= 4 is 21.6 Å². The molecular formula is C10H19NO2S2. The summed E-state index contributed by atoms with van der Waals surface area (Å²) in [5.74, 6) is 2.75. The largest absolute Gasteiger partial charge is 0.313 e. The van der Waals surface area contributed by atoms with Crippen molar-refractivity contribution in [2.24, 2.45) is 0 Å². The van der Waals surface area contributed by atoms with E-state index in [1.54, 1.807) is 0 Å². The zero-order valence-corrected chi connectivity index (χ0v) is 10.6. The van der Waals surface area contributed by atoms with Crippen LogP contribution in [0.4, 0.5) is 0 Å². The zero-order valence-electron chi connectivity index (χ0n) is 8.94. The molecule has 0 atom stereocenters. The summed E-state index contributed by atoms with van der Waals surface area (Å²) in [6.45, 7) is 4.62. The van der Waals surface area contributed by atoms with E-state index >= 15 is 0 Å². The molecule has 0 radical (unpaired) electrons. The first kappa shape index (κ1) is 13.1. The molecule has 0 amide bonds. The molecular weight excluding hydrogens is 230 g/mol. The molecule has 0 bridgehead atoms. The second-order valence-corrected chi connectivity index (χ2v) is 7.20. The van der Waals surface area contributed by atoms with Crippen LogP contribution in [0.2, 0.25) is 0 Å². The molecule has 0 aliphatic carbocycles. The van der Waals surface area contributed by atoms with Gasteiger partial charge >= 0.3 is 0 Å². The summed E-state index contributed by atoms with van der Waals surface area (Å²) in [6.07, 6.45) is 3.45. The van der Waals surface area contributed by atoms with Crippen molar-refractivity contribution in [3.05, 3.63) is 12.7 Å². The van der Waals surface area contributed by atoms with Crippen molar-refractivity contribution in [3.8, 4) is 0 Å². The molecule has 1 aliphatic heterocycles. The molecule has 3 nitrogen and oxygen atoms in total. The van der Waals surface area contributed by atoms with Crippen LogP contribution < -0.4 is 5.32 Å². The molecule has 1 heterocycles. The number of thioether (sulfide) groups is 1. The summed E-state index contributed by atoms with van der Waals surface area (Å²) in [4.78, 5) is 0. The molecule has 1 N–H and O–H groups in total. The second kappa shape index (κ2) is 6.55. The Morgan fingerprint density at radius 3 is 2.67 bits per heavy atom. The smallest absolute Gasteiger partial charge is 0.150 e. The third-order valence-electron chi connectivity index (χ3n) is 2.47. The molecule has 0 spiro atoms. The van der Waals surface area contributed by atoms with Crippen LogP contribution in [0.5, 0.6) is 0 Å². The molecule has 1 fully saturated rings. The van der Waals surface area contributed by atoms with Crippen molar-refractivity contribution in [1.29, 1.82) is 0 Å². The quantitative estimate of drug-likeness (QED) is 0.565. The predicted molar refractivity (Wildman–Crippen MR) is 67.2 cm³/mol. The maximum Gasteiger partial charge on any atom is 0.150 e. The lowest BCUT2D eigenvalue weighted by molar-refractivity contribution is 0.476. The van der Waals surface area contributed by atoms with E-state index in [1.807, 2.05) is 17.8 Å². The lowest BCUT2D eigenvalue weighted by Gasteiger charge is -2.22. The van der Waals surface area contributed by atoms with Crippen LogP contribution in [0.25, 0.3) is 0 Å². The van der Waals surface area contributed by atoms with Crippen molar-refractivity contribution < 1.29 is 8.42 Å². The first-order chi connectivity index (χ1) is 7.14. The Hall–Kier alpha value is -0.0000000000000000555. The maximum atomic E-state index is 11.2. The number of nitrogens with one attached hydrogen (secondary N) is 1. The Morgan fingerprint density at radius 2 is 2.07 bits per heavy atom. The van der Waals surface area contributed by atoms with Gasteiger partial charge in [-0.05, 0) is 12.8 Å². The highest BCUT2D eigenvalue weighted by Gasteiger charge is 2.22. The molecule has 5 heteroatoms. The lowest BCUT2D eigenvalue weighted by Crippen LogP contribution is -2.38. The molecule has 1 saturated heterocycles. The summed E-state index contributed by atoms with van der Waals surface area (Å²) < 4.78 is 22.3. The van der Waals surface area contributed by atoms with Gasteiger partial charge in [0, 0.05) is 24.1 Å². The molecule has 0 aromatic rings. The Bertz CT molecular complexity index is 274. The fourth-order valence-corrected chi connectivity index (χ4v) is 3.68. The Kier molecular flexibility index (Phi) is 5.71. The number of sulfone groups is 1. The van der Waals surface area contributed by atoms with Gasteiger partial charge in [0.25, 0.3) is 0 Å². The van der Waals surface area contributed by atoms with Crippen LogP contribution in [0.1, 0.15) is 12.8 Å². The third-order valence-corrected chi connectivity index (χ3v) is 5.15. The summed E-state index contributed by atoms with van der Waals surface area (Å²) >= 11 is 1.84. The minimum Gasteiger partial charge on any atom is -0.313 e. The Labute approximate surface area is 96.6 Å².